The Balaban J connectivity index is 1.77. The third-order valence-corrected chi connectivity index (χ3v) is 6.10. The number of carbonyl (C=O) groups excluding carboxylic acids is 3. The Morgan fingerprint density at radius 2 is 1.93 bits per heavy atom. The summed E-state index contributed by atoms with van der Waals surface area (Å²) in [4.78, 5) is 36.7. The summed E-state index contributed by atoms with van der Waals surface area (Å²) in [6.07, 6.45) is 1.10. The van der Waals surface area contributed by atoms with Crippen LogP contribution >= 0.6 is 11.3 Å². The van der Waals surface area contributed by atoms with Crippen LogP contribution in [0.5, 0.6) is 0 Å². The lowest BCUT2D eigenvalue weighted by Gasteiger charge is -2.09. The average molecular weight is 454 g/mol. The van der Waals surface area contributed by atoms with Crippen molar-refractivity contribution in [3.8, 4) is 0 Å². The summed E-state index contributed by atoms with van der Waals surface area (Å²) in [5, 5.41) is 6.54. The second-order valence-electron chi connectivity index (χ2n) is 6.21. The molecule has 0 saturated heterocycles. The molecule has 0 bridgehead atoms. The minimum atomic E-state index is -3.50. The van der Waals surface area contributed by atoms with Crippen molar-refractivity contribution in [3.63, 3.8) is 0 Å². The molecular weight excluding hydrogens is 430 g/mol. The molecule has 1 aromatic heterocycles. The zero-order chi connectivity index (χ0) is 22.0. The maximum Gasteiger partial charge on any atom is 0.338 e. The Morgan fingerprint density at radius 3 is 2.63 bits per heavy atom. The van der Waals surface area contributed by atoms with Crippen LogP contribution in [0, 0.1) is 0 Å². The molecule has 0 fully saturated rings. The molecule has 1 heterocycles. The normalized spacial score (nSPS) is 10.8. The van der Waals surface area contributed by atoms with Gasteiger partial charge in [0.2, 0.25) is 10.0 Å². The SMILES string of the molecule is CCCS(=O)(=O)Nc1cccc(C(=O)OCC(=O)NC(=O)NCCc2cccs2)c1. The van der Waals surface area contributed by atoms with Crippen molar-refractivity contribution >= 4 is 45.0 Å². The van der Waals surface area contributed by atoms with Crippen molar-refractivity contribution < 1.29 is 27.5 Å². The minimum Gasteiger partial charge on any atom is -0.452 e. The first kappa shape index (κ1) is 23.4. The lowest BCUT2D eigenvalue weighted by molar-refractivity contribution is -0.123. The fourth-order valence-corrected chi connectivity index (χ4v) is 4.22. The summed E-state index contributed by atoms with van der Waals surface area (Å²) in [5.74, 6) is -1.64. The van der Waals surface area contributed by atoms with Gasteiger partial charge in [0.25, 0.3) is 5.91 Å². The molecule has 0 unspecified atom stereocenters. The predicted octanol–water partition coefficient (Wildman–Crippen LogP) is 2.13. The van der Waals surface area contributed by atoms with Crippen LogP contribution in [0.25, 0.3) is 0 Å². The summed E-state index contributed by atoms with van der Waals surface area (Å²) in [6, 6.07) is 8.89. The first-order chi connectivity index (χ1) is 14.3. The number of sulfonamides is 1. The Labute approximate surface area is 178 Å². The van der Waals surface area contributed by atoms with Gasteiger partial charge in [-0.3, -0.25) is 14.8 Å². The predicted molar refractivity (Wildman–Crippen MR) is 114 cm³/mol. The van der Waals surface area contributed by atoms with E-state index in [-0.39, 0.29) is 17.0 Å². The van der Waals surface area contributed by atoms with Gasteiger partial charge in [-0.05, 0) is 42.5 Å². The van der Waals surface area contributed by atoms with Gasteiger partial charge in [-0.2, -0.15) is 0 Å². The minimum absolute atomic E-state index is 0.0444. The Morgan fingerprint density at radius 1 is 1.13 bits per heavy atom. The van der Waals surface area contributed by atoms with Crippen molar-refractivity contribution in [1.29, 1.82) is 0 Å². The lowest BCUT2D eigenvalue weighted by Crippen LogP contribution is -2.42. The van der Waals surface area contributed by atoms with Crippen molar-refractivity contribution in [3.05, 3.63) is 52.2 Å². The maximum atomic E-state index is 12.1. The van der Waals surface area contributed by atoms with Gasteiger partial charge in [0.05, 0.1) is 11.3 Å². The summed E-state index contributed by atoms with van der Waals surface area (Å²) < 4.78 is 30.9. The number of hydrogen-bond acceptors (Lipinski definition) is 7. The van der Waals surface area contributed by atoms with Crippen LogP contribution in [0.3, 0.4) is 0 Å². The number of urea groups is 1. The molecule has 0 atom stereocenters. The van der Waals surface area contributed by atoms with E-state index in [9.17, 15) is 22.8 Å². The monoisotopic (exact) mass is 453 g/mol. The van der Waals surface area contributed by atoms with E-state index in [0.29, 0.717) is 19.4 Å². The number of imide groups is 1. The van der Waals surface area contributed by atoms with Crippen molar-refractivity contribution in [2.24, 2.45) is 0 Å². The van der Waals surface area contributed by atoms with Gasteiger partial charge >= 0.3 is 12.0 Å². The molecule has 3 amide bonds. The fraction of sp³-hybridized carbons (Fsp3) is 0.316. The molecule has 0 spiro atoms. The van der Waals surface area contributed by atoms with Gasteiger partial charge in [0.15, 0.2) is 6.61 Å². The van der Waals surface area contributed by atoms with E-state index >= 15 is 0 Å². The van der Waals surface area contributed by atoms with Crippen molar-refractivity contribution in [2.75, 3.05) is 23.6 Å². The standard InChI is InChI=1S/C19H23N3O6S2/c1-2-11-30(26,27)22-15-6-3-5-14(12-15)18(24)28-13-17(23)21-19(25)20-9-8-16-7-4-10-29-16/h3-7,10,12,22H,2,8-9,11,13H2,1H3,(H2,20,21,23,25). The molecule has 162 valence electrons. The highest BCUT2D eigenvalue weighted by atomic mass is 32.2. The van der Waals surface area contributed by atoms with Crippen LogP contribution in [-0.4, -0.2) is 45.2 Å². The van der Waals surface area contributed by atoms with Gasteiger partial charge in [-0.15, -0.1) is 11.3 Å². The van der Waals surface area contributed by atoms with Gasteiger partial charge in [0, 0.05) is 17.1 Å². The lowest BCUT2D eigenvalue weighted by atomic mass is 10.2. The van der Waals surface area contributed by atoms with E-state index in [1.54, 1.807) is 18.3 Å². The van der Waals surface area contributed by atoms with E-state index < -0.39 is 34.5 Å². The number of amides is 3. The Hall–Kier alpha value is -2.92. The summed E-state index contributed by atoms with van der Waals surface area (Å²) in [6.45, 7) is 1.45. The van der Waals surface area contributed by atoms with Gasteiger partial charge in [-0.1, -0.05) is 19.1 Å². The smallest absolute Gasteiger partial charge is 0.338 e. The quantitative estimate of drug-likeness (QED) is 0.473. The first-order valence-corrected chi connectivity index (χ1v) is 11.7. The van der Waals surface area contributed by atoms with Crippen LogP contribution in [-0.2, 0) is 26.0 Å². The van der Waals surface area contributed by atoms with Gasteiger partial charge < -0.3 is 10.1 Å². The van der Waals surface area contributed by atoms with E-state index in [0.717, 1.165) is 4.88 Å². The third-order valence-electron chi connectivity index (χ3n) is 3.67. The number of rotatable bonds is 10. The summed E-state index contributed by atoms with van der Waals surface area (Å²) in [7, 11) is -3.50. The van der Waals surface area contributed by atoms with Crippen LogP contribution in [0.1, 0.15) is 28.6 Å². The topological polar surface area (TPSA) is 131 Å². The molecule has 0 aliphatic heterocycles. The molecule has 9 nitrogen and oxygen atoms in total. The van der Waals surface area contributed by atoms with E-state index in [1.165, 1.54) is 24.3 Å². The molecule has 2 aromatic rings. The number of ether oxygens (including phenoxy) is 1. The van der Waals surface area contributed by atoms with Crippen LogP contribution < -0.4 is 15.4 Å². The van der Waals surface area contributed by atoms with Crippen LogP contribution in [0.15, 0.2) is 41.8 Å². The number of anilines is 1. The van der Waals surface area contributed by atoms with Crippen LogP contribution in [0.4, 0.5) is 10.5 Å². The summed E-state index contributed by atoms with van der Waals surface area (Å²) >= 11 is 1.57. The summed E-state index contributed by atoms with van der Waals surface area (Å²) in [5.41, 5.74) is 0.285. The zero-order valence-corrected chi connectivity index (χ0v) is 18.0. The molecule has 1 aromatic carbocycles. The molecule has 0 saturated carbocycles. The highest BCUT2D eigenvalue weighted by molar-refractivity contribution is 7.92. The van der Waals surface area contributed by atoms with Gasteiger partial charge in [0.1, 0.15) is 0 Å². The molecule has 0 aliphatic carbocycles. The second kappa shape index (κ2) is 11.3. The molecule has 11 heteroatoms. The number of carbonyl (C=O) groups is 3. The Kier molecular flexibility index (Phi) is 8.81. The highest BCUT2D eigenvalue weighted by Crippen LogP contribution is 2.14. The molecule has 30 heavy (non-hydrogen) atoms. The number of nitrogens with one attached hydrogen (secondary N) is 3. The third kappa shape index (κ3) is 8.21. The molecule has 0 aliphatic rings. The van der Waals surface area contributed by atoms with Crippen LogP contribution in [0.2, 0.25) is 0 Å². The second-order valence-corrected chi connectivity index (χ2v) is 9.09. The van der Waals surface area contributed by atoms with Crippen molar-refractivity contribution in [1.82, 2.24) is 10.6 Å². The highest BCUT2D eigenvalue weighted by Gasteiger charge is 2.14. The number of hydrogen-bond donors (Lipinski definition) is 3. The average Bonchev–Trinajstić information content (AvgIpc) is 3.19. The van der Waals surface area contributed by atoms with E-state index in [2.05, 4.69) is 15.4 Å². The van der Waals surface area contributed by atoms with Crippen molar-refractivity contribution in [2.45, 2.75) is 19.8 Å². The fourth-order valence-electron chi connectivity index (χ4n) is 2.38. The van der Waals surface area contributed by atoms with E-state index in [4.69, 9.17) is 4.74 Å². The van der Waals surface area contributed by atoms with E-state index in [1.807, 2.05) is 17.5 Å². The Bertz CT molecular complexity index is 974. The zero-order valence-electron chi connectivity index (χ0n) is 16.3. The largest absolute Gasteiger partial charge is 0.452 e. The number of thiophene rings is 1. The molecule has 0 radical (unpaired) electrons. The van der Waals surface area contributed by atoms with Gasteiger partial charge in [-0.25, -0.2) is 18.0 Å². The first-order valence-electron chi connectivity index (χ1n) is 9.17. The number of benzene rings is 1. The molecule has 3 N–H and O–H groups in total. The molecular formula is C19H23N3O6S2. The maximum absolute atomic E-state index is 12.1. The number of esters is 1. The molecule has 2 rings (SSSR count).